The monoisotopic (exact) mass is 275 g/mol. The Morgan fingerprint density at radius 1 is 1.25 bits per heavy atom. The number of ketones is 1. The second-order valence-electron chi connectivity index (χ2n) is 5.18. The van der Waals surface area contributed by atoms with Crippen LogP contribution in [0.4, 0.5) is 10.5 Å². The van der Waals surface area contributed by atoms with Gasteiger partial charge in [-0.1, -0.05) is 12.1 Å². The van der Waals surface area contributed by atoms with Crippen LogP contribution in [0.2, 0.25) is 0 Å². The van der Waals surface area contributed by atoms with E-state index in [2.05, 4.69) is 10.1 Å². The van der Waals surface area contributed by atoms with Crippen LogP contribution in [-0.4, -0.2) is 28.0 Å². The predicted molar refractivity (Wildman–Crippen MR) is 74.7 cm³/mol. The molecule has 0 aliphatic rings. The van der Waals surface area contributed by atoms with Gasteiger partial charge in [-0.15, -0.1) is 0 Å². The number of benzene rings is 1. The fourth-order valence-electron chi connectivity index (χ4n) is 1.53. The van der Waals surface area contributed by atoms with E-state index in [1.807, 2.05) is 0 Å². The molecule has 106 valence electrons. The first-order valence-electron chi connectivity index (χ1n) is 6.07. The Labute approximate surface area is 117 Å². The molecule has 0 fully saturated rings. The highest BCUT2D eigenvalue weighted by Crippen LogP contribution is 2.17. The molecule has 0 aromatic heterocycles. The molecule has 0 unspecified atom stereocenters. The number of hydrogen-bond donors (Lipinski definition) is 1. The molecule has 1 rings (SSSR count). The molecular formula is C14H17N3O3. The summed E-state index contributed by atoms with van der Waals surface area (Å²) in [6, 6.07) is 6.52. The Kier molecular flexibility index (Phi) is 4.78. The van der Waals surface area contributed by atoms with Crippen LogP contribution in [0, 0.1) is 0 Å². The number of nitrogens with one attached hydrogen (secondary N) is 1. The summed E-state index contributed by atoms with van der Waals surface area (Å²) in [6.45, 7) is 6.51. The Morgan fingerprint density at radius 3 is 2.35 bits per heavy atom. The molecule has 1 amide bonds. The normalized spacial score (nSPS) is 10.4. The molecule has 0 spiro atoms. The topological polar surface area (TPSA) is 91.8 Å². The van der Waals surface area contributed by atoms with Crippen molar-refractivity contribution in [2.75, 3.05) is 5.32 Å². The summed E-state index contributed by atoms with van der Waals surface area (Å²) in [5.74, 6) is -0.411. The summed E-state index contributed by atoms with van der Waals surface area (Å²) in [5, 5.41) is 2.53. The van der Waals surface area contributed by atoms with Crippen molar-refractivity contribution < 1.29 is 19.1 Å². The third kappa shape index (κ3) is 4.33. The Bertz CT molecular complexity index is 582. The third-order valence-electron chi connectivity index (χ3n) is 2.25. The first-order chi connectivity index (χ1) is 9.24. The van der Waals surface area contributed by atoms with Gasteiger partial charge in [0.15, 0.2) is 0 Å². The minimum absolute atomic E-state index is 0.128. The second kappa shape index (κ2) is 6.12. The van der Waals surface area contributed by atoms with E-state index in [0.717, 1.165) is 0 Å². The van der Waals surface area contributed by atoms with E-state index in [0.29, 0.717) is 11.3 Å². The number of para-hydroxylation sites is 1. The lowest BCUT2D eigenvalue weighted by atomic mass is 10.1. The van der Waals surface area contributed by atoms with Gasteiger partial charge in [0.25, 0.3) is 0 Å². The molecule has 20 heavy (non-hydrogen) atoms. The van der Waals surface area contributed by atoms with E-state index in [9.17, 15) is 9.59 Å². The fraction of sp³-hybridized carbons (Fsp3) is 0.357. The van der Waals surface area contributed by atoms with Gasteiger partial charge in [0, 0.05) is 6.92 Å². The fourth-order valence-corrected chi connectivity index (χ4v) is 1.53. The molecular weight excluding hydrogens is 258 g/mol. The summed E-state index contributed by atoms with van der Waals surface area (Å²) < 4.78 is 5.13. The van der Waals surface area contributed by atoms with Crippen LogP contribution in [-0.2, 0) is 9.53 Å². The van der Waals surface area contributed by atoms with Gasteiger partial charge in [-0.2, -0.15) is 4.79 Å². The lowest BCUT2D eigenvalue weighted by molar-refractivity contribution is -0.115. The standard InChI is InChI=1S/C14H17N3O3/c1-9(18)12(17-15)10-7-5-6-8-11(10)16-13(19)20-14(2,3)4/h5-8H,1-4H3,(H,16,19). The average Bonchev–Trinajstić information content (AvgIpc) is 2.29. The molecule has 0 bridgehead atoms. The number of amides is 1. The molecule has 6 heteroatoms. The van der Waals surface area contributed by atoms with Gasteiger partial charge in [0.2, 0.25) is 5.78 Å². The molecule has 0 atom stereocenters. The molecule has 0 heterocycles. The van der Waals surface area contributed by atoms with Gasteiger partial charge >= 0.3 is 11.8 Å². The van der Waals surface area contributed by atoms with Gasteiger partial charge in [-0.05, 0) is 32.9 Å². The van der Waals surface area contributed by atoms with Gasteiger partial charge in [0.05, 0.1) is 11.3 Å². The molecule has 1 N–H and O–H groups in total. The van der Waals surface area contributed by atoms with Crippen LogP contribution in [0.5, 0.6) is 0 Å². The number of ether oxygens (including phenoxy) is 1. The number of carbonyl (C=O) groups is 2. The minimum Gasteiger partial charge on any atom is -0.444 e. The number of rotatable bonds is 3. The molecule has 0 saturated carbocycles. The number of hydrogen-bond acceptors (Lipinski definition) is 3. The van der Waals surface area contributed by atoms with Crippen LogP contribution >= 0.6 is 0 Å². The van der Waals surface area contributed by atoms with Gasteiger partial charge < -0.3 is 10.3 Å². The van der Waals surface area contributed by atoms with Crippen molar-refractivity contribution in [2.45, 2.75) is 33.3 Å². The number of anilines is 1. The Hall–Kier alpha value is -2.46. The van der Waals surface area contributed by atoms with Gasteiger partial charge in [-0.25, -0.2) is 4.79 Å². The van der Waals surface area contributed by atoms with Crippen LogP contribution in [0.3, 0.4) is 0 Å². The summed E-state index contributed by atoms with van der Waals surface area (Å²) in [4.78, 5) is 26.1. The van der Waals surface area contributed by atoms with E-state index in [1.165, 1.54) is 6.92 Å². The maximum absolute atomic E-state index is 11.7. The summed E-state index contributed by atoms with van der Waals surface area (Å²) in [7, 11) is 0. The first-order valence-corrected chi connectivity index (χ1v) is 6.07. The molecule has 6 nitrogen and oxygen atoms in total. The Balaban J connectivity index is 3.06. The van der Waals surface area contributed by atoms with Crippen LogP contribution in [0.15, 0.2) is 24.3 Å². The predicted octanol–water partition coefficient (Wildman–Crippen LogP) is 2.64. The highest BCUT2D eigenvalue weighted by molar-refractivity contribution is 6.44. The van der Waals surface area contributed by atoms with E-state index in [-0.39, 0.29) is 5.71 Å². The Morgan fingerprint density at radius 2 is 1.85 bits per heavy atom. The SMILES string of the molecule is CC(=O)C(=[N+]=[N-])c1ccccc1NC(=O)OC(C)(C)C. The lowest BCUT2D eigenvalue weighted by Gasteiger charge is -2.20. The van der Waals surface area contributed by atoms with Crippen molar-refractivity contribution in [3.05, 3.63) is 35.4 Å². The zero-order valence-electron chi connectivity index (χ0n) is 11.9. The van der Waals surface area contributed by atoms with E-state index >= 15 is 0 Å². The lowest BCUT2D eigenvalue weighted by Crippen LogP contribution is -2.28. The van der Waals surface area contributed by atoms with Crippen LogP contribution in [0.1, 0.15) is 33.3 Å². The van der Waals surface area contributed by atoms with Crippen LogP contribution < -0.4 is 5.32 Å². The van der Waals surface area contributed by atoms with Crippen molar-refractivity contribution in [1.29, 1.82) is 0 Å². The van der Waals surface area contributed by atoms with E-state index < -0.39 is 17.5 Å². The summed E-state index contributed by atoms with van der Waals surface area (Å²) >= 11 is 0. The summed E-state index contributed by atoms with van der Waals surface area (Å²) in [6.07, 6.45) is -0.647. The minimum atomic E-state index is -0.647. The zero-order chi connectivity index (χ0) is 15.3. The van der Waals surface area contributed by atoms with E-state index in [4.69, 9.17) is 10.3 Å². The first kappa shape index (κ1) is 15.6. The van der Waals surface area contributed by atoms with Crippen molar-refractivity contribution in [1.82, 2.24) is 0 Å². The maximum atomic E-state index is 11.7. The van der Waals surface area contributed by atoms with Gasteiger partial charge in [-0.3, -0.25) is 10.1 Å². The average molecular weight is 275 g/mol. The van der Waals surface area contributed by atoms with E-state index in [1.54, 1.807) is 45.0 Å². The van der Waals surface area contributed by atoms with Crippen LogP contribution in [0.25, 0.3) is 5.53 Å². The number of nitrogens with zero attached hydrogens (tertiary/aromatic N) is 2. The largest absolute Gasteiger partial charge is 0.444 e. The number of Topliss-reactive ketones (excluding diaryl/α,β-unsaturated/α-hetero) is 1. The molecule has 0 aliphatic carbocycles. The molecule has 1 aromatic rings. The molecule has 0 saturated heterocycles. The van der Waals surface area contributed by atoms with Crippen molar-refractivity contribution >= 4 is 23.3 Å². The smallest absolute Gasteiger partial charge is 0.412 e. The zero-order valence-corrected chi connectivity index (χ0v) is 11.9. The van der Waals surface area contributed by atoms with Gasteiger partial charge in [0.1, 0.15) is 5.60 Å². The van der Waals surface area contributed by atoms with Crippen molar-refractivity contribution in [2.24, 2.45) is 0 Å². The summed E-state index contributed by atoms with van der Waals surface area (Å²) in [5.41, 5.74) is 8.82. The third-order valence-corrected chi connectivity index (χ3v) is 2.25. The second-order valence-corrected chi connectivity index (χ2v) is 5.18. The van der Waals surface area contributed by atoms with Crippen molar-refractivity contribution in [3.8, 4) is 0 Å². The quantitative estimate of drug-likeness (QED) is 0.522. The molecule has 0 aliphatic heterocycles. The highest BCUT2D eigenvalue weighted by Gasteiger charge is 2.23. The van der Waals surface area contributed by atoms with Crippen molar-refractivity contribution in [3.63, 3.8) is 0 Å². The number of carbonyl (C=O) groups excluding carboxylic acids is 2. The molecule has 1 aromatic carbocycles. The highest BCUT2D eigenvalue weighted by atomic mass is 16.6. The maximum Gasteiger partial charge on any atom is 0.412 e. The molecule has 0 radical (unpaired) electrons.